The van der Waals surface area contributed by atoms with E-state index in [-0.39, 0.29) is 11.2 Å². The highest BCUT2D eigenvalue weighted by molar-refractivity contribution is 5.61. The van der Waals surface area contributed by atoms with Gasteiger partial charge in [-0.15, -0.1) is 10.2 Å². The van der Waals surface area contributed by atoms with Gasteiger partial charge >= 0.3 is 0 Å². The maximum absolute atomic E-state index is 9.65. The van der Waals surface area contributed by atoms with Crippen LogP contribution >= 0.6 is 0 Å². The molecule has 1 heterocycles. The van der Waals surface area contributed by atoms with Crippen LogP contribution in [0.3, 0.4) is 0 Å². The number of aromatic nitrogens is 2. The van der Waals surface area contributed by atoms with E-state index in [1.54, 1.807) is 18.2 Å². The Bertz CT molecular complexity index is 498. The lowest BCUT2D eigenvalue weighted by Gasteiger charge is -2.10. The summed E-state index contributed by atoms with van der Waals surface area (Å²) >= 11 is 0. The van der Waals surface area contributed by atoms with E-state index in [1.165, 1.54) is 0 Å². The van der Waals surface area contributed by atoms with Crippen LogP contribution in [0.1, 0.15) is 26.7 Å². The molecular formula is C12H14N2O2. The van der Waals surface area contributed by atoms with Gasteiger partial charge in [-0.2, -0.15) is 0 Å². The van der Waals surface area contributed by atoms with Crippen molar-refractivity contribution in [3.63, 3.8) is 0 Å². The van der Waals surface area contributed by atoms with Gasteiger partial charge in [0.05, 0.1) is 5.56 Å². The SMILES string of the molecule is CC(C)(C)c1nnc(-c2ccccc2O)o1. The van der Waals surface area contributed by atoms with E-state index in [1.807, 2.05) is 26.8 Å². The fourth-order valence-corrected chi connectivity index (χ4v) is 1.29. The molecule has 0 fully saturated rings. The van der Waals surface area contributed by atoms with Crippen molar-refractivity contribution in [2.24, 2.45) is 0 Å². The van der Waals surface area contributed by atoms with Crippen LogP contribution in [0.5, 0.6) is 5.75 Å². The van der Waals surface area contributed by atoms with Crippen LogP contribution in [-0.2, 0) is 5.41 Å². The van der Waals surface area contributed by atoms with Gasteiger partial charge in [0.2, 0.25) is 5.89 Å². The van der Waals surface area contributed by atoms with Crippen LogP contribution in [0.4, 0.5) is 0 Å². The second-order valence-corrected chi connectivity index (χ2v) is 4.68. The summed E-state index contributed by atoms with van der Waals surface area (Å²) < 4.78 is 5.53. The van der Waals surface area contributed by atoms with Crippen LogP contribution in [0, 0.1) is 0 Å². The van der Waals surface area contributed by atoms with Crippen LogP contribution in [-0.4, -0.2) is 15.3 Å². The fraction of sp³-hybridized carbons (Fsp3) is 0.333. The fourth-order valence-electron chi connectivity index (χ4n) is 1.29. The van der Waals surface area contributed by atoms with Crippen molar-refractivity contribution in [1.82, 2.24) is 10.2 Å². The number of phenolic OH excluding ortho intramolecular Hbond substituents is 1. The number of rotatable bonds is 1. The zero-order chi connectivity index (χ0) is 11.8. The van der Waals surface area contributed by atoms with Crippen LogP contribution in [0.15, 0.2) is 28.7 Å². The lowest BCUT2D eigenvalue weighted by molar-refractivity contribution is 0.397. The maximum atomic E-state index is 9.65. The Kier molecular flexibility index (Phi) is 2.42. The number of benzene rings is 1. The van der Waals surface area contributed by atoms with Crippen LogP contribution in [0.25, 0.3) is 11.5 Å². The number of hydrogen-bond acceptors (Lipinski definition) is 4. The van der Waals surface area contributed by atoms with Crippen molar-refractivity contribution in [2.45, 2.75) is 26.2 Å². The van der Waals surface area contributed by atoms with Crippen molar-refractivity contribution in [3.8, 4) is 17.2 Å². The van der Waals surface area contributed by atoms with E-state index in [2.05, 4.69) is 10.2 Å². The highest BCUT2D eigenvalue weighted by atomic mass is 16.4. The maximum Gasteiger partial charge on any atom is 0.251 e. The van der Waals surface area contributed by atoms with Crippen molar-refractivity contribution >= 4 is 0 Å². The number of aromatic hydroxyl groups is 1. The van der Waals surface area contributed by atoms with Crippen LogP contribution in [0.2, 0.25) is 0 Å². The topological polar surface area (TPSA) is 59.2 Å². The Labute approximate surface area is 93.9 Å². The van der Waals surface area contributed by atoms with E-state index in [0.29, 0.717) is 17.3 Å². The van der Waals surface area contributed by atoms with Crippen molar-refractivity contribution in [1.29, 1.82) is 0 Å². The average Bonchev–Trinajstić information content (AvgIpc) is 2.66. The third-order valence-corrected chi connectivity index (χ3v) is 2.20. The molecule has 0 aliphatic carbocycles. The lowest BCUT2D eigenvalue weighted by atomic mass is 9.97. The summed E-state index contributed by atoms with van der Waals surface area (Å²) in [6.07, 6.45) is 0. The zero-order valence-electron chi connectivity index (χ0n) is 9.56. The van der Waals surface area contributed by atoms with E-state index >= 15 is 0 Å². The van der Waals surface area contributed by atoms with Gasteiger partial charge in [-0.25, -0.2) is 0 Å². The summed E-state index contributed by atoms with van der Waals surface area (Å²) in [7, 11) is 0. The third kappa shape index (κ3) is 1.91. The molecule has 1 aromatic heterocycles. The van der Waals surface area contributed by atoms with Crippen molar-refractivity contribution in [2.75, 3.05) is 0 Å². The van der Waals surface area contributed by atoms with Gasteiger partial charge in [-0.3, -0.25) is 0 Å². The van der Waals surface area contributed by atoms with Gasteiger partial charge in [-0.1, -0.05) is 32.9 Å². The van der Waals surface area contributed by atoms with Crippen molar-refractivity contribution in [3.05, 3.63) is 30.2 Å². The Morgan fingerprint density at radius 1 is 1.12 bits per heavy atom. The van der Waals surface area contributed by atoms with E-state index in [0.717, 1.165) is 0 Å². The van der Waals surface area contributed by atoms with E-state index in [9.17, 15) is 5.11 Å². The summed E-state index contributed by atoms with van der Waals surface area (Å²) in [6.45, 7) is 5.99. The molecule has 1 N–H and O–H groups in total. The first-order valence-corrected chi connectivity index (χ1v) is 5.11. The number of phenols is 1. The quantitative estimate of drug-likeness (QED) is 0.799. The Morgan fingerprint density at radius 2 is 1.81 bits per heavy atom. The Morgan fingerprint density at radius 3 is 2.38 bits per heavy atom. The first kappa shape index (κ1) is 10.7. The Hall–Kier alpha value is -1.84. The predicted molar refractivity (Wildman–Crippen MR) is 60.1 cm³/mol. The molecule has 0 aliphatic rings. The van der Waals surface area contributed by atoms with E-state index < -0.39 is 0 Å². The van der Waals surface area contributed by atoms with Gasteiger partial charge in [0.1, 0.15) is 5.75 Å². The molecule has 0 spiro atoms. The highest BCUT2D eigenvalue weighted by Gasteiger charge is 2.22. The molecule has 0 unspecified atom stereocenters. The molecule has 2 aromatic rings. The zero-order valence-corrected chi connectivity index (χ0v) is 9.56. The summed E-state index contributed by atoms with van der Waals surface area (Å²) in [6, 6.07) is 6.90. The van der Waals surface area contributed by atoms with Gasteiger partial charge in [0, 0.05) is 5.41 Å². The summed E-state index contributed by atoms with van der Waals surface area (Å²) in [4.78, 5) is 0. The molecule has 1 aromatic carbocycles. The molecule has 0 aliphatic heterocycles. The minimum absolute atomic E-state index is 0.145. The standard InChI is InChI=1S/C12H14N2O2/c1-12(2,3)11-14-13-10(16-11)8-6-4-5-7-9(8)15/h4-7,15H,1-3H3. The first-order valence-electron chi connectivity index (χ1n) is 5.11. The van der Waals surface area contributed by atoms with Gasteiger partial charge < -0.3 is 9.52 Å². The summed E-state index contributed by atoms with van der Waals surface area (Å²) in [5.74, 6) is 1.06. The monoisotopic (exact) mass is 218 g/mol. The largest absolute Gasteiger partial charge is 0.507 e. The van der Waals surface area contributed by atoms with Crippen LogP contribution < -0.4 is 0 Å². The molecule has 0 atom stereocenters. The molecule has 0 saturated heterocycles. The lowest BCUT2D eigenvalue weighted by Crippen LogP contribution is -2.11. The molecular weight excluding hydrogens is 204 g/mol. The third-order valence-electron chi connectivity index (χ3n) is 2.20. The molecule has 4 heteroatoms. The normalized spacial score (nSPS) is 11.7. The number of para-hydroxylation sites is 1. The minimum Gasteiger partial charge on any atom is -0.507 e. The first-order chi connectivity index (χ1) is 7.48. The number of hydrogen-bond donors (Lipinski definition) is 1. The molecule has 16 heavy (non-hydrogen) atoms. The van der Waals surface area contributed by atoms with Gasteiger partial charge in [0.15, 0.2) is 0 Å². The molecule has 2 rings (SSSR count). The summed E-state index contributed by atoms with van der Waals surface area (Å²) in [5.41, 5.74) is 0.376. The van der Waals surface area contributed by atoms with Gasteiger partial charge in [0.25, 0.3) is 5.89 Å². The second kappa shape index (κ2) is 3.63. The minimum atomic E-state index is -0.185. The Balaban J connectivity index is 2.44. The molecule has 0 amide bonds. The molecule has 0 saturated carbocycles. The summed E-state index contributed by atoms with van der Waals surface area (Å²) in [5, 5.41) is 17.6. The van der Waals surface area contributed by atoms with E-state index in [4.69, 9.17) is 4.42 Å². The molecule has 0 radical (unpaired) electrons. The molecule has 4 nitrogen and oxygen atoms in total. The average molecular weight is 218 g/mol. The predicted octanol–water partition coefficient (Wildman–Crippen LogP) is 2.74. The molecule has 0 bridgehead atoms. The number of nitrogens with zero attached hydrogens (tertiary/aromatic N) is 2. The highest BCUT2D eigenvalue weighted by Crippen LogP contribution is 2.30. The molecule has 84 valence electrons. The second-order valence-electron chi connectivity index (χ2n) is 4.68. The smallest absolute Gasteiger partial charge is 0.251 e. The van der Waals surface area contributed by atoms with Gasteiger partial charge in [-0.05, 0) is 12.1 Å². The van der Waals surface area contributed by atoms with Crippen molar-refractivity contribution < 1.29 is 9.52 Å².